The lowest BCUT2D eigenvalue weighted by Gasteiger charge is -2.24. The highest BCUT2D eigenvalue weighted by molar-refractivity contribution is 5.75. The van der Waals surface area contributed by atoms with Gasteiger partial charge in [0.15, 0.2) is 6.10 Å². The van der Waals surface area contributed by atoms with Crippen molar-refractivity contribution in [3.05, 3.63) is 12.7 Å². The maximum Gasteiger partial charge on any atom is 0.338 e. The Hall–Kier alpha value is -0.990. The van der Waals surface area contributed by atoms with Crippen LogP contribution in [0.15, 0.2) is 12.7 Å². The highest BCUT2D eigenvalue weighted by Gasteiger charge is 2.34. The molecule has 0 aliphatic rings. The Bertz CT molecular complexity index is 230. The molecule has 0 bridgehead atoms. The molecule has 0 amide bonds. The second kappa shape index (κ2) is 7.31. The van der Waals surface area contributed by atoms with Gasteiger partial charge in [0, 0.05) is 0 Å². The molecule has 4 unspecified atom stereocenters. The predicted octanol–water partition coefficient (Wildman–Crippen LogP) is -2.85. The average molecular weight is 236 g/mol. The van der Waals surface area contributed by atoms with Gasteiger partial charge in [0.25, 0.3) is 0 Å². The topological polar surface area (TPSA) is 127 Å². The van der Waals surface area contributed by atoms with Gasteiger partial charge in [-0.15, -0.1) is 0 Å². The van der Waals surface area contributed by atoms with Gasteiger partial charge in [-0.3, -0.25) is 0 Å². The quantitative estimate of drug-likeness (QED) is 0.238. The van der Waals surface area contributed by atoms with E-state index in [1.807, 2.05) is 0 Å². The summed E-state index contributed by atoms with van der Waals surface area (Å²) < 4.78 is 4.42. The van der Waals surface area contributed by atoms with Crippen LogP contribution in [0.3, 0.4) is 0 Å². The number of aliphatic hydroxyl groups is 5. The van der Waals surface area contributed by atoms with Crippen molar-refractivity contribution < 1.29 is 35.1 Å². The molecule has 0 saturated heterocycles. The first-order chi connectivity index (χ1) is 7.45. The van der Waals surface area contributed by atoms with Gasteiger partial charge in [0.05, 0.1) is 6.61 Å². The molecule has 0 heterocycles. The molecule has 0 aliphatic carbocycles. The Morgan fingerprint density at radius 1 is 1.25 bits per heavy atom. The van der Waals surface area contributed by atoms with Crippen molar-refractivity contribution in [2.45, 2.75) is 24.4 Å². The Balaban J connectivity index is 4.30. The van der Waals surface area contributed by atoms with Gasteiger partial charge in [0.2, 0.25) is 0 Å². The molecule has 0 aromatic heterocycles. The van der Waals surface area contributed by atoms with Crippen LogP contribution in [-0.4, -0.2) is 69.1 Å². The summed E-state index contributed by atoms with van der Waals surface area (Å²) in [6.07, 6.45) is -6.19. The van der Waals surface area contributed by atoms with E-state index in [0.717, 1.165) is 0 Å². The fourth-order valence-corrected chi connectivity index (χ4v) is 0.888. The minimum atomic E-state index is -2.00. The molecule has 0 fully saturated rings. The van der Waals surface area contributed by atoms with Crippen molar-refractivity contribution in [2.75, 3.05) is 13.2 Å². The van der Waals surface area contributed by atoms with Gasteiger partial charge < -0.3 is 30.3 Å². The van der Waals surface area contributed by atoms with Crippen molar-refractivity contribution in [3.8, 4) is 0 Å². The molecule has 4 atom stereocenters. The Labute approximate surface area is 92.2 Å². The lowest BCUT2D eigenvalue weighted by Crippen LogP contribution is -2.49. The fraction of sp³-hybridized carbons (Fsp3) is 0.667. The SMILES string of the molecule is C=CCOC(=O)C(O)C(O)C(O)C(O)CO. The monoisotopic (exact) mass is 236 g/mol. The number of aliphatic hydroxyl groups excluding tert-OH is 5. The van der Waals surface area contributed by atoms with Crippen LogP contribution in [0.4, 0.5) is 0 Å². The number of carbonyl (C=O) groups is 1. The zero-order valence-electron chi connectivity index (χ0n) is 8.56. The Morgan fingerprint density at radius 3 is 2.25 bits per heavy atom. The fourth-order valence-electron chi connectivity index (χ4n) is 0.888. The van der Waals surface area contributed by atoms with E-state index >= 15 is 0 Å². The highest BCUT2D eigenvalue weighted by Crippen LogP contribution is 2.06. The van der Waals surface area contributed by atoms with E-state index < -0.39 is 37.0 Å². The standard InChI is InChI=1S/C9H16O7/c1-2-3-16-9(15)8(14)7(13)6(12)5(11)4-10/h2,5-8,10-14H,1,3-4H2. The first-order valence-corrected chi connectivity index (χ1v) is 4.56. The summed E-state index contributed by atoms with van der Waals surface area (Å²) in [5.74, 6) is -1.16. The zero-order valence-corrected chi connectivity index (χ0v) is 8.56. The smallest absolute Gasteiger partial charge is 0.338 e. The Morgan fingerprint density at radius 2 is 1.81 bits per heavy atom. The van der Waals surface area contributed by atoms with Gasteiger partial charge in [-0.05, 0) is 0 Å². The first kappa shape index (κ1) is 15.0. The van der Waals surface area contributed by atoms with E-state index in [1.54, 1.807) is 0 Å². The van der Waals surface area contributed by atoms with E-state index in [0.29, 0.717) is 0 Å². The van der Waals surface area contributed by atoms with Crippen LogP contribution >= 0.6 is 0 Å². The summed E-state index contributed by atoms with van der Waals surface area (Å²) in [4.78, 5) is 11.0. The van der Waals surface area contributed by atoms with E-state index in [2.05, 4.69) is 11.3 Å². The number of ether oxygens (including phenoxy) is 1. The summed E-state index contributed by atoms with van der Waals surface area (Å²) in [6, 6.07) is 0. The van der Waals surface area contributed by atoms with Crippen molar-refractivity contribution in [1.82, 2.24) is 0 Å². The predicted molar refractivity (Wildman–Crippen MR) is 52.3 cm³/mol. The van der Waals surface area contributed by atoms with Crippen LogP contribution in [0.2, 0.25) is 0 Å². The molecular weight excluding hydrogens is 220 g/mol. The van der Waals surface area contributed by atoms with E-state index in [1.165, 1.54) is 6.08 Å². The summed E-state index contributed by atoms with van der Waals surface area (Å²) in [6.45, 7) is 2.31. The molecule has 7 nitrogen and oxygen atoms in total. The van der Waals surface area contributed by atoms with Crippen molar-refractivity contribution in [1.29, 1.82) is 0 Å². The number of hydrogen-bond donors (Lipinski definition) is 5. The molecule has 7 heteroatoms. The average Bonchev–Trinajstić information content (AvgIpc) is 2.31. The second-order valence-corrected chi connectivity index (χ2v) is 3.09. The summed E-state index contributed by atoms with van der Waals surface area (Å²) in [5.41, 5.74) is 0. The molecule has 0 spiro atoms. The lowest BCUT2D eigenvalue weighted by atomic mass is 10.0. The molecule has 0 saturated carbocycles. The van der Waals surface area contributed by atoms with E-state index in [-0.39, 0.29) is 6.61 Å². The molecule has 16 heavy (non-hydrogen) atoms. The maximum atomic E-state index is 11.0. The van der Waals surface area contributed by atoms with Crippen LogP contribution in [0.5, 0.6) is 0 Å². The van der Waals surface area contributed by atoms with Crippen LogP contribution in [0, 0.1) is 0 Å². The molecule has 0 rings (SSSR count). The minimum absolute atomic E-state index is 0.152. The lowest BCUT2D eigenvalue weighted by molar-refractivity contribution is -0.169. The van der Waals surface area contributed by atoms with E-state index in [9.17, 15) is 20.1 Å². The molecule has 5 N–H and O–H groups in total. The minimum Gasteiger partial charge on any atom is -0.459 e. The van der Waals surface area contributed by atoms with Gasteiger partial charge in [-0.1, -0.05) is 12.7 Å². The second-order valence-electron chi connectivity index (χ2n) is 3.09. The van der Waals surface area contributed by atoms with Gasteiger partial charge in [0.1, 0.15) is 24.9 Å². The van der Waals surface area contributed by atoms with Crippen molar-refractivity contribution in [2.24, 2.45) is 0 Å². The van der Waals surface area contributed by atoms with Crippen molar-refractivity contribution >= 4 is 5.97 Å². The molecule has 0 aliphatic heterocycles. The normalized spacial score (nSPS) is 18.3. The number of carbonyl (C=O) groups excluding carboxylic acids is 1. The molecular formula is C9H16O7. The Kier molecular flexibility index (Phi) is 6.86. The van der Waals surface area contributed by atoms with Crippen LogP contribution < -0.4 is 0 Å². The third-order valence-corrected chi connectivity index (χ3v) is 1.84. The van der Waals surface area contributed by atoms with Crippen LogP contribution in [-0.2, 0) is 9.53 Å². The highest BCUT2D eigenvalue weighted by atomic mass is 16.5. The molecule has 0 aromatic carbocycles. The number of hydrogen-bond acceptors (Lipinski definition) is 7. The van der Waals surface area contributed by atoms with Crippen LogP contribution in [0.25, 0.3) is 0 Å². The first-order valence-electron chi connectivity index (χ1n) is 4.56. The third-order valence-electron chi connectivity index (χ3n) is 1.84. The summed E-state index contributed by atoms with van der Waals surface area (Å²) >= 11 is 0. The third kappa shape index (κ3) is 4.25. The molecule has 0 radical (unpaired) electrons. The van der Waals surface area contributed by atoms with Gasteiger partial charge >= 0.3 is 5.97 Å². The summed E-state index contributed by atoms with van der Waals surface area (Å²) in [7, 11) is 0. The number of rotatable bonds is 7. The van der Waals surface area contributed by atoms with Gasteiger partial charge in [-0.2, -0.15) is 0 Å². The molecule has 94 valence electrons. The van der Waals surface area contributed by atoms with Crippen LogP contribution in [0.1, 0.15) is 0 Å². The zero-order chi connectivity index (χ0) is 12.7. The van der Waals surface area contributed by atoms with E-state index in [4.69, 9.17) is 10.2 Å². The van der Waals surface area contributed by atoms with Crippen molar-refractivity contribution in [3.63, 3.8) is 0 Å². The largest absolute Gasteiger partial charge is 0.459 e. The summed E-state index contributed by atoms with van der Waals surface area (Å²) in [5, 5.41) is 45.1. The van der Waals surface area contributed by atoms with Gasteiger partial charge in [-0.25, -0.2) is 4.79 Å². The number of esters is 1. The maximum absolute atomic E-state index is 11.0. The molecule has 0 aromatic rings.